The van der Waals surface area contributed by atoms with Gasteiger partial charge in [0.2, 0.25) is 0 Å². The first kappa shape index (κ1) is 13.3. The Balaban J connectivity index is 0.000000686. The molecule has 0 spiro atoms. The molecule has 17 heavy (non-hydrogen) atoms. The second-order valence-corrected chi connectivity index (χ2v) is 5.90. The molecule has 0 aromatic heterocycles. The van der Waals surface area contributed by atoms with E-state index in [4.69, 9.17) is 4.79 Å². The molecule has 0 fully saturated rings. The summed E-state index contributed by atoms with van der Waals surface area (Å²) in [6.07, 6.45) is 0. The number of carbonyl (C=O) groups excluding carboxylic acids is 1. The van der Waals surface area contributed by atoms with Crippen molar-refractivity contribution >= 4 is 25.7 Å². The van der Waals surface area contributed by atoms with Gasteiger partial charge in [-0.15, -0.1) is 0 Å². The van der Waals surface area contributed by atoms with Gasteiger partial charge in [-0.1, -0.05) is 60.7 Å². The molecule has 0 amide bonds. The molecule has 0 heterocycles. The Morgan fingerprint density at radius 2 is 1.00 bits per heavy atom. The Labute approximate surface area is 101 Å². The molecule has 0 saturated heterocycles. The molecule has 0 bridgehead atoms. The third-order valence-corrected chi connectivity index (χ3v) is 4.63. The molecule has 3 nitrogen and oxygen atoms in total. The van der Waals surface area contributed by atoms with Crippen LogP contribution in [0.2, 0.25) is 0 Å². The first-order valence-electron chi connectivity index (χ1n) is 5.06. The van der Waals surface area contributed by atoms with Gasteiger partial charge in [-0.2, -0.15) is 0 Å². The topological polar surface area (TPSA) is 57.5 Å². The maximum absolute atomic E-state index is 10.2. The lowest BCUT2D eigenvalue weighted by atomic mass is 10.4. The zero-order chi connectivity index (χ0) is 12.7. The average molecular weight is 246 g/mol. The summed E-state index contributed by atoms with van der Waals surface area (Å²) in [5, 5.41) is 1.22. The van der Waals surface area contributed by atoms with Gasteiger partial charge in [0.15, 0.2) is 0 Å². The number of rotatable bonds is 2. The fourth-order valence-corrected chi connectivity index (χ4v) is 3.16. The van der Waals surface area contributed by atoms with E-state index in [0.717, 1.165) is 0 Å². The summed E-state index contributed by atoms with van der Waals surface area (Å²) in [6, 6.07) is 18.0. The minimum atomic E-state index is -3.46. The smallest absolute Gasteiger partial charge is 0.401 e. The van der Waals surface area contributed by atoms with Crippen LogP contribution < -0.4 is 10.4 Å². The van der Waals surface area contributed by atoms with Gasteiger partial charge in [-0.05, 0) is 10.4 Å². The van der Waals surface area contributed by atoms with E-state index in [1.165, 1.54) is 0 Å². The zero-order valence-corrected chi connectivity index (χ0v) is 10.3. The standard InChI is InChI=1S/C12H12O2Si.CH2O/c13-15(14,11-7-3-1-4-8-11)12-9-5-2-6-10-12;1-2/h1-10,13-14H;1H2. The highest BCUT2D eigenvalue weighted by atomic mass is 28.4. The van der Waals surface area contributed by atoms with E-state index in [1.807, 2.05) is 43.2 Å². The Morgan fingerprint density at radius 1 is 0.706 bits per heavy atom. The van der Waals surface area contributed by atoms with E-state index in [1.54, 1.807) is 24.3 Å². The van der Waals surface area contributed by atoms with Crippen LogP contribution in [0.4, 0.5) is 0 Å². The predicted octanol–water partition coefficient (Wildman–Crippen LogP) is 0.0427. The summed E-state index contributed by atoms with van der Waals surface area (Å²) in [7, 11) is -3.46. The van der Waals surface area contributed by atoms with Gasteiger partial charge in [0.05, 0.1) is 0 Å². The molecule has 2 rings (SSSR count). The summed E-state index contributed by atoms with van der Waals surface area (Å²) in [5.74, 6) is 0. The molecule has 2 aromatic carbocycles. The van der Waals surface area contributed by atoms with Crippen LogP contribution in [-0.2, 0) is 4.79 Å². The number of carbonyl (C=O) groups is 1. The first-order chi connectivity index (χ1) is 8.21. The van der Waals surface area contributed by atoms with Crippen molar-refractivity contribution in [1.82, 2.24) is 0 Å². The van der Waals surface area contributed by atoms with Crippen molar-refractivity contribution in [3.8, 4) is 0 Å². The molecule has 0 aliphatic heterocycles. The lowest BCUT2D eigenvalue weighted by Gasteiger charge is -2.18. The van der Waals surface area contributed by atoms with E-state index in [9.17, 15) is 9.59 Å². The van der Waals surface area contributed by atoms with Crippen LogP contribution >= 0.6 is 0 Å². The van der Waals surface area contributed by atoms with E-state index in [0.29, 0.717) is 10.4 Å². The molecule has 2 aromatic rings. The number of hydrogen-bond acceptors (Lipinski definition) is 3. The normalized spacial score (nSPS) is 10.2. The molecular weight excluding hydrogens is 232 g/mol. The summed E-state index contributed by atoms with van der Waals surface area (Å²) in [5.41, 5.74) is 0. The first-order valence-corrected chi connectivity index (χ1v) is 6.95. The van der Waals surface area contributed by atoms with Crippen molar-refractivity contribution < 1.29 is 14.4 Å². The lowest BCUT2D eigenvalue weighted by Crippen LogP contribution is -2.59. The molecule has 0 atom stereocenters. The largest absolute Gasteiger partial charge is 0.404 e. The van der Waals surface area contributed by atoms with Crippen LogP contribution in [0.1, 0.15) is 0 Å². The van der Waals surface area contributed by atoms with Crippen molar-refractivity contribution in [2.24, 2.45) is 0 Å². The second kappa shape index (κ2) is 6.10. The summed E-state index contributed by atoms with van der Waals surface area (Å²) < 4.78 is 0. The van der Waals surface area contributed by atoms with E-state index in [2.05, 4.69) is 0 Å². The third-order valence-electron chi connectivity index (χ3n) is 2.35. The molecule has 0 aliphatic rings. The van der Waals surface area contributed by atoms with Crippen LogP contribution in [0.3, 0.4) is 0 Å². The van der Waals surface area contributed by atoms with Gasteiger partial charge in [-0.25, -0.2) is 0 Å². The molecule has 4 heteroatoms. The summed E-state index contributed by atoms with van der Waals surface area (Å²) >= 11 is 0. The lowest BCUT2D eigenvalue weighted by molar-refractivity contribution is -0.0979. The van der Waals surface area contributed by atoms with Crippen LogP contribution in [0.15, 0.2) is 60.7 Å². The van der Waals surface area contributed by atoms with E-state index >= 15 is 0 Å². The Hall–Kier alpha value is -1.75. The SMILES string of the molecule is C=O.O[Si](O)(c1ccccc1)c1ccccc1. The Morgan fingerprint density at radius 3 is 1.29 bits per heavy atom. The minimum absolute atomic E-state index is 0.608. The molecule has 0 unspecified atom stereocenters. The monoisotopic (exact) mass is 246 g/mol. The van der Waals surface area contributed by atoms with Crippen molar-refractivity contribution in [2.75, 3.05) is 0 Å². The van der Waals surface area contributed by atoms with Crippen LogP contribution in [0.5, 0.6) is 0 Å². The van der Waals surface area contributed by atoms with Gasteiger partial charge in [0.1, 0.15) is 6.79 Å². The van der Waals surface area contributed by atoms with E-state index < -0.39 is 8.56 Å². The average Bonchev–Trinajstić information content (AvgIpc) is 2.43. The maximum Gasteiger partial charge on any atom is 0.401 e. The molecule has 2 N–H and O–H groups in total. The van der Waals surface area contributed by atoms with Crippen molar-refractivity contribution in [2.45, 2.75) is 0 Å². The predicted molar refractivity (Wildman–Crippen MR) is 69.5 cm³/mol. The molecule has 88 valence electrons. The van der Waals surface area contributed by atoms with Crippen molar-refractivity contribution in [3.05, 3.63) is 60.7 Å². The number of benzene rings is 2. The Kier molecular flexibility index (Phi) is 4.78. The molecule has 0 saturated carbocycles. The summed E-state index contributed by atoms with van der Waals surface area (Å²) in [4.78, 5) is 28.3. The number of hydrogen-bond donors (Lipinski definition) is 2. The zero-order valence-electron chi connectivity index (χ0n) is 9.28. The fourth-order valence-electron chi connectivity index (χ4n) is 1.51. The van der Waals surface area contributed by atoms with Crippen LogP contribution in [0.25, 0.3) is 0 Å². The van der Waals surface area contributed by atoms with Crippen molar-refractivity contribution in [3.63, 3.8) is 0 Å². The third kappa shape index (κ3) is 3.10. The van der Waals surface area contributed by atoms with E-state index in [-0.39, 0.29) is 0 Å². The van der Waals surface area contributed by atoms with Gasteiger partial charge in [0, 0.05) is 0 Å². The maximum atomic E-state index is 10.2. The minimum Gasteiger partial charge on any atom is -0.404 e. The molecule has 0 radical (unpaired) electrons. The van der Waals surface area contributed by atoms with Crippen molar-refractivity contribution in [1.29, 1.82) is 0 Å². The van der Waals surface area contributed by atoms with Crippen LogP contribution in [0, 0.1) is 0 Å². The second-order valence-electron chi connectivity index (χ2n) is 3.40. The summed E-state index contributed by atoms with van der Waals surface area (Å²) in [6.45, 7) is 2.00. The van der Waals surface area contributed by atoms with Gasteiger partial charge >= 0.3 is 8.56 Å². The van der Waals surface area contributed by atoms with Gasteiger partial charge in [0.25, 0.3) is 0 Å². The Bertz CT molecular complexity index is 401. The van der Waals surface area contributed by atoms with Gasteiger partial charge < -0.3 is 14.4 Å². The molecule has 0 aliphatic carbocycles. The highest BCUT2D eigenvalue weighted by molar-refractivity contribution is 6.90. The highest BCUT2D eigenvalue weighted by Crippen LogP contribution is 1.97. The van der Waals surface area contributed by atoms with Gasteiger partial charge in [-0.3, -0.25) is 0 Å². The highest BCUT2D eigenvalue weighted by Gasteiger charge is 2.33. The quantitative estimate of drug-likeness (QED) is 0.736. The molecular formula is C13H14O3Si. The van der Waals surface area contributed by atoms with Crippen LogP contribution in [-0.4, -0.2) is 24.9 Å². The fraction of sp³-hybridized carbons (Fsp3) is 0.